The minimum absolute atomic E-state index is 0.216. The fourth-order valence-corrected chi connectivity index (χ4v) is 1.97. The molecule has 1 fully saturated rings. The van der Waals surface area contributed by atoms with Crippen molar-refractivity contribution in [3.63, 3.8) is 0 Å². The lowest BCUT2D eigenvalue weighted by Crippen LogP contribution is -2.48. The molecule has 0 bridgehead atoms. The molecule has 1 aromatic heterocycles. The van der Waals surface area contributed by atoms with E-state index >= 15 is 0 Å². The van der Waals surface area contributed by atoms with Crippen LogP contribution in [-0.4, -0.2) is 55.7 Å². The monoisotopic (exact) mass is 283 g/mol. The maximum Gasteiger partial charge on any atom is 0.319 e. The third-order valence-electron chi connectivity index (χ3n) is 3.03. The molecule has 0 amide bonds. The molecule has 0 unspecified atom stereocenters. The number of esters is 1. The normalized spacial score (nSPS) is 15.3. The van der Waals surface area contributed by atoms with Gasteiger partial charge in [-0.1, -0.05) is 13.8 Å². The Morgan fingerprint density at radius 2 is 1.95 bits per heavy atom. The van der Waals surface area contributed by atoms with Crippen LogP contribution in [0.1, 0.15) is 13.8 Å². The molecule has 6 heteroatoms. The Morgan fingerprint density at radius 1 is 1.30 bits per heavy atom. The van der Waals surface area contributed by atoms with Gasteiger partial charge in [0.25, 0.3) is 0 Å². The molecule has 2 heterocycles. The van der Waals surface area contributed by atoms with Crippen molar-refractivity contribution in [3.05, 3.63) is 24.3 Å². The van der Waals surface area contributed by atoms with Crippen LogP contribution >= 0.6 is 0 Å². The van der Waals surface area contributed by atoms with Crippen molar-refractivity contribution in [3.8, 4) is 0 Å². The van der Waals surface area contributed by atoms with Crippen molar-refractivity contribution in [2.45, 2.75) is 13.8 Å². The Morgan fingerprint density at radius 3 is 2.45 bits per heavy atom. The first-order chi connectivity index (χ1) is 9.69. The predicted molar refractivity (Wildman–Crippen MR) is 76.2 cm³/mol. The van der Waals surface area contributed by atoms with Gasteiger partial charge >= 0.3 is 5.97 Å². The minimum Gasteiger partial charge on any atom is -0.468 e. The fourth-order valence-electron chi connectivity index (χ4n) is 1.97. The van der Waals surface area contributed by atoms with Gasteiger partial charge < -0.3 is 9.64 Å². The first-order valence-electron chi connectivity index (χ1n) is 6.84. The van der Waals surface area contributed by atoms with Gasteiger partial charge in [-0.3, -0.25) is 9.69 Å². The van der Waals surface area contributed by atoms with Crippen LogP contribution in [0.2, 0.25) is 0 Å². The lowest BCUT2D eigenvalue weighted by Gasteiger charge is -2.35. The Labute approximate surface area is 119 Å². The molecule has 1 aliphatic rings. The van der Waals surface area contributed by atoms with E-state index in [1.54, 1.807) is 6.07 Å². The molecule has 0 saturated carbocycles. The first kappa shape index (κ1) is 16.4. The number of carbonyl (C=O) groups excluding carboxylic acids is 1. The summed E-state index contributed by atoms with van der Waals surface area (Å²) in [7, 11) is 1.39. The standard InChI is InChI=1S/C12H16FN3O2.C2H6/c1-18-12(17)9-15-4-6-16(7-5-15)10-2-3-11(13)14-8-10;1-2/h2-3,8H,4-7,9H2,1H3;1-2H3. The highest BCUT2D eigenvalue weighted by Crippen LogP contribution is 2.15. The van der Waals surface area contributed by atoms with Crippen molar-refractivity contribution in [1.82, 2.24) is 9.88 Å². The number of pyridine rings is 1. The average Bonchev–Trinajstić information content (AvgIpc) is 2.51. The molecule has 0 radical (unpaired) electrons. The van der Waals surface area contributed by atoms with E-state index in [-0.39, 0.29) is 5.97 Å². The zero-order valence-electron chi connectivity index (χ0n) is 12.3. The fraction of sp³-hybridized carbons (Fsp3) is 0.571. The minimum atomic E-state index is -0.469. The number of carbonyl (C=O) groups is 1. The maximum absolute atomic E-state index is 12.7. The van der Waals surface area contributed by atoms with Gasteiger partial charge in [-0.05, 0) is 12.1 Å². The Bertz CT molecular complexity index is 403. The summed E-state index contributed by atoms with van der Waals surface area (Å²) < 4.78 is 17.3. The van der Waals surface area contributed by atoms with Crippen LogP contribution in [0.15, 0.2) is 18.3 Å². The van der Waals surface area contributed by atoms with Crippen LogP contribution in [0.5, 0.6) is 0 Å². The van der Waals surface area contributed by atoms with Gasteiger partial charge in [0.1, 0.15) is 0 Å². The molecule has 20 heavy (non-hydrogen) atoms. The third kappa shape index (κ3) is 4.77. The average molecular weight is 283 g/mol. The van der Waals surface area contributed by atoms with E-state index < -0.39 is 5.95 Å². The molecule has 0 aliphatic carbocycles. The van der Waals surface area contributed by atoms with E-state index in [2.05, 4.69) is 14.6 Å². The van der Waals surface area contributed by atoms with Gasteiger partial charge in [-0.2, -0.15) is 4.39 Å². The molecule has 2 rings (SSSR count). The van der Waals surface area contributed by atoms with E-state index in [1.165, 1.54) is 19.4 Å². The molecular formula is C14H22FN3O2. The number of methoxy groups -OCH3 is 1. The zero-order chi connectivity index (χ0) is 15.0. The lowest BCUT2D eigenvalue weighted by molar-refractivity contribution is -0.142. The Balaban J connectivity index is 0.000000956. The summed E-state index contributed by atoms with van der Waals surface area (Å²) in [6, 6.07) is 3.08. The Kier molecular flexibility index (Phi) is 6.93. The summed E-state index contributed by atoms with van der Waals surface area (Å²) in [5.74, 6) is -0.685. The molecule has 1 saturated heterocycles. The van der Waals surface area contributed by atoms with E-state index in [4.69, 9.17) is 0 Å². The smallest absolute Gasteiger partial charge is 0.319 e. The van der Waals surface area contributed by atoms with Gasteiger partial charge in [-0.25, -0.2) is 4.98 Å². The number of nitrogens with zero attached hydrogens (tertiary/aromatic N) is 3. The van der Waals surface area contributed by atoms with Gasteiger partial charge in [-0.15, -0.1) is 0 Å². The summed E-state index contributed by atoms with van der Waals surface area (Å²) in [6.45, 7) is 7.49. The highest BCUT2D eigenvalue weighted by molar-refractivity contribution is 5.71. The van der Waals surface area contributed by atoms with Crippen molar-refractivity contribution in [2.24, 2.45) is 0 Å². The number of anilines is 1. The van der Waals surface area contributed by atoms with E-state index in [9.17, 15) is 9.18 Å². The maximum atomic E-state index is 12.7. The molecule has 0 aromatic carbocycles. The molecule has 0 spiro atoms. The van der Waals surface area contributed by atoms with E-state index in [0.717, 1.165) is 31.9 Å². The highest BCUT2D eigenvalue weighted by atomic mass is 19.1. The summed E-state index contributed by atoms with van der Waals surface area (Å²) in [5, 5.41) is 0. The highest BCUT2D eigenvalue weighted by Gasteiger charge is 2.19. The molecule has 5 nitrogen and oxygen atoms in total. The van der Waals surface area contributed by atoms with Crippen LogP contribution in [0.4, 0.5) is 10.1 Å². The largest absolute Gasteiger partial charge is 0.468 e. The molecular weight excluding hydrogens is 261 g/mol. The summed E-state index contributed by atoms with van der Waals surface area (Å²) >= 11 is 0. The Hall–Kier alpha value is -1.69. The van der Waals surface area contributed by atoms with Gasteiger partial charge in [0.15, 0.2) is 0 Å². The second-order valence-corrected chi connectivity index (χ2v) is 4.18. The number of piperazine rings is 1. The van der Waals surface area contributed by atoms with Gasteiger partial charge in [0.2, 0.25) is 5.95 Å². The van der Waals surface area contributed by atoms with Crippen molar-refractivity contribution < 1.29 is 13.9 Å². The van der Waals surface area contributed by atoms with E-state index in [1.807, 2.05) is 18.7 Å². The van der Waals surface area contributed by atoms with Crippen LogP contribution in [0, 0.1) is 5.95 Å². The number of aromatic nitrogens is 1. The van der Waals surface area contributed by atoms with Crippen LogP contribution in [-0.2, 0) is 9.53 Å². The molecule has 0 N–H and O–H groups in total. The quantitative estimate of drug-likeness (QED) is 0.622. The summed E-state index contributed by atoms with van der Waals surface area (Å²) in [5.41, 5.74) is 0.911. The van der Waals surface area contributed by atoms with Crippen LogP contribution in [0.25, 0.3) is 0 Å². The van der Waals surface area contributed by atoms with E-state index in [0.29, 0.717) is 6.54 Å². The third-order valence-corrected chi connectivity index (χ3v) is 3.03. The zero-order valence-corrected chi connectivity index (χ0v) is 12.3. The second-order valence-electron chi connectivity index (χ2n) is 4.18. The summed E-state index contributed by atoms with van der Waals surface area (Å²) in [4.78, 5) is 18.9. The molecule has 0 atom stereocenters. The first-order valence-corrected chi connectivity index (χ1v) is 6.84. The SMILES string of the molecule is CC.COC(=O)CN1CCN(c2ccc(F)nc2)CC1. The van der Waals surface area contributed by atoms with Crippen molar-refractivity contribution in [2.75, 3.05) is 44.7 Å². The number of halogens is 1. The summed E-state index contributed by atoms with van der Waals surface area (Å²) in [6.07, 6.45) is 1.53. The number of hydrogen-bond donors (Lipinski definition) is 0. The lowest BCUT2D eigenvalue weighted by atomic mass is 10.2. The van der Waals surface area contributed by atoms with Gasteiger partial charge in [0, 0.05) is 26.2 Å². The predicted octanol–water partition coefficient (Wildman–Crippen LogP) is 1.54. The van der Waals surface area contributed by atoms with Gasteiger partial charge in [0.05, 0.1) is 25.5 Å². The topological polar surface area (TPSA) is 45.7 Å². The van der Waals surface area contributed by atoms with Crippen LogP contribution < -0.4 is 4.90 Å². The second kappa shape index (κ2) is 8.47. The number of hydrogen-bond acceptors (Lipinski definition) is 5. The van der Waals surface area contributed by atoms with Crippen molar-refractivity contribution >= 4 is 11.7 Å². The number of rotatable bonds is 3. The molecule has 1 aromatic rings. The molecule has 1 aliphatic heterocycles. The number of ether oxygens (including phenoxy) is 1. The molecule has 112 valence electrons. The van der Waals surface area contributed by atoms with Crippen LogP contribution in [0.3, 0.4) is 0 Å². The van der Waals surface area contributed by atoms with Crippen molar-refractivity contribution in [1.29, 1.82) is 0 Å².